The third-order valence-corrected chi connectivity index (χ3v) is 3.34. The summed E-state index contributed by atoms with van der Waals surface area (Å²) >= 11 is 0. The first-order valence-corrected chi connectivity index (χ1v) is 6.39. The van der Waals surface area contributed by atoms with E-state index in [1.165, 1.54) is 4.90 Å². The summed E-state index contributed by atoms with van der Waals surface area (Å²) in [5.41, 5.74) is 1.46. The van der Waals surface area contributed by atoms with Gasteiger partial charge < -0.3 is 15.1 Å². The van der Waals surface area contributed by atoms with Crippen molar-refractivity contribution in [2.24, 2.45) is 0 Å². The molecule has 0 atom stereocenters. The molecule has 2 heterocycles. The Bertz CT molecular complexity index is 574. The summed E-state index contributed by atoms with van der Waals surface area (Å²) in [7, 11) is 0. The summed E-state index contributed by atoms with van der Waals surface area (Å²) in [6, 6.07) is 1.80. The molecule has 1 aromatic rings. The van der Waals surface area contributed by atoms with E-state index in [-0.39, 0.29) is 31.1 Å². The predicted octanol–water partition coefficient (Wildman–Crippen LogP) is 1.69. The molecule has 1 aliphatic rings. The Balaban J connectivity index is 2.49. The molecule has 20 heavy (non-hydrogen) atoms. The first-order valence-electron chi connectivity index (χ1n) is 6.39. The molecule has 0 spiro atoms. The van der Waals surface area contributed by atoms with Crippen LogP contribution in [0.1, 0.15) is 32.0 Å². The number of hydrogen-bond acceptors (Lipinski definition) is 3. The van der Waals surface area contributed by atoms with Crippen molar-refractivity contribution in [2.75, 3.05) is 13.1 Å². The maximum absolute atomic E-state index is 11.4. The van der Waals surface area contributed by atoms with Crippen LogP contribution in [0, 0.1) is 0 Å². The number of carbonyl (C=O) groups is 2. The van der Waals surface area contributed by atoms with E-state index in [4.69, 9.17) is 5.11 Å². The first kappa shape index (κ1) is 14.1. The molecule has 1 aromatic heterocycles. The van der Waals surface area contributed by atoms with Crippen molar-refractivity contribution in [3.05, 3.63) is 23.5 Å². The molecule has 0 aliphatic carbocycles. The molecule has 2 N–H and O–H groups in total. The van der Waals surface area contributed by atoms with Crippen molar-refractivity contribution in [3.63, 3.8) is 0 Å². The van der Waals surface area contributed by atoms with E-state index in [0.717, 1.165) is 0 Å². The van der Waals surface area contributed by atoms with Gasteiger partial charge in [0, 0.05) is 29.9 Å². The Kier molecular flexibility index (Phi) is 3.78. The van der Waals surface area contributed by atoms with Crippen molar-refractivity contribution < 1.29 is 19.8 Å². The summed E-state index contributed by atoms with van der Waals surface area (Å²) in [6.07, 6.45) is 0.768. The van der Waals surface area contributed by atoms with E-state index in [1.54, 1.807) is 16.9 Å². The molecule has 0 saturated heterocycles. The second-order valence-corrected chi connectivity index (χ2v) is 4.97. The highest BCUT2D eigenvalue weighted by atomic mass is 16.4. The van der Waals surface area contributed by atoms with Gasteiger partial charge >= 0.3 is 12.1 Å². The standard InChI is InChI=1S/C13H17N3O4/c1-8(2)16-11(3-5-14-16)10-7-15(13(19)20)6-4-9(10)12(17)18/h3,5,8H,4,6-7H2,1-2H3,(H,17,18)(H,19,20). The van der Waals surface area contributed by atoms with E-state index < -0.39 is 12.1 Å². The number of rotatable bonds is 3. The van der Waals surface area contributed by atoms with Crippen molar-refractivity contribution >= 4 is 17.6 Å². The SMILES string of the molecule is CC(C)n1nccc1C1=C(C(=O)O)CCN(C(=O)O)C1. The van der Waals surface area contributed by atoms with Crippen LogP contribution in [0.4, 0.5) is 4.79 Å². The summed E-state index contributed by atoms with van der Waals surface area (Å²) in [5.74, 6) is -0.999. The quantitative estimate of drug-likeness (QED) is 0.877. The van der Waals surface area contributed by atoms with Crippen LogP contribution < -0.4 is 0 Å². The van der Waals surface area contributed by atoms with E-state index in [1.807, 2.05) is 13.8 Å². The van der Waals surface area contributed by atoms with E-state index in [2.05, 4.69) is 5.10 Å². The number of carboxylic acid groups (broad SMARTS) is 2. The zero-order valence-electron chi connectivity index (χ0n) is 11.4. The Hall–Kier alpha value is -2.31. The minimum absolute atomic E-state index is 0.0720. The molecule has 1 aliphatic heterocycles. The molecule has 108 valence electrons. The molecule has 0 aromatic carbocycles. The lowest BCUT2D eigenvalue weighted by molar-refractivity contribution is -0.132. The van der Waals surface area contributed by atoms with Crippen LogP contribution in [-0.4, -0.2) is 50.0 Å². The van der Waals surface area contributed by atoms with Crippen LogP contribution in [0.2, 0.25) is 0 Å². The number of aliphatic carboxylic acids is 1. The molecule has 0 unspecified atom stereocenters. The molecule has 2 rings (SSSR count). The molecule has 0 radical (unpaired) electrons. The lowest BCUT2D eigenvalue weighted by Crippen LogP contribution is -2.37. The third kappa shape index (κ3) is 2.52. The Morgan fingerprint density at radius 3 is 2.60 bits per heavy atom. The minimum atomic E-state index is -1.04. The molecule has 7 nitrogen and oxygen atoms in total. The van der Waals surface area contributed by atoms with E-state index in [0.29, 0.717) is 11.3 Å². The van der Waals surface area contributed by atoms with Crippen LogP contribution in [-0.2, 0) is 4.79 Å². The average molecular weight is 279 g/mol. The molecular weight excluding hydrogens is 262 g/mol. The van der Waals surface area contributed by atoms with Crippen LogP contribution >= 0.6 is 0 Å². The highest BCUT2D eigenvalue weighted by molar-refractivity contribution is 5.97. The zero-order chi connectivity index (χ0) is 14.9. The van der Waals surface area contributed by atoms with Gasteiger partial charge in [-0.15, -0.1) is 0 Å². The molecular formula is C13H17N3O4. The highest BCUT2D eigenvalue weighted by Crippen LogP contribution is 2.28. The van der Waals surface area contributed by atoms with Crippen molar-refractivity contribution in [3.8, 4) is 0 Å². The maximum Gasteiger partial charge on any atom is 0.407 e. The summed E-state index contributed by atoms with van der Waals surface area (Å²) in [6.45, 7) is 4.16. The molecule has 0 saturated carbocycles. The first-order chi connectivity index (χ1) is 9.41. The van der Waals surface area contributed by atoms with Gasteiger partial charge in [-0.2, -0.15) is 5.10 Å². The number of amides is 1. The monoisotopic (exact) mass is 279 g/mol. The zero-order valence-corrected chi connectivity index (χ0v) is 11.4. The van der Waals surface area contributed by atoms with Gasteiger partial charge in [-0.05, 0) is 26.3 Å². The average Bonchev–Trinajstić information content (AvgIpc) is 2.86. The molecule has 0 bridgehead atoms. The van der Waals surface area contributed by atoms with Gasteiger partial charge in [-0.25, -0.2) is 9.59 Å². The van der Waals surface area contributed by atoms with Crippen LogP contribution in [0.25, 0.3) is 5.57 Å². The van der Waals surface area contributed by atoms with Gasteiger partial charge in [-0.3, -0.25) is 4.68 Å². The number of carboxylic acids is 1. The normalized spacial score (nSPS) is 15.8. The number of hydrogen-bond donors (Lipinski definition) is 2. The topological polar surface area (TPSA) is 95.7 Å². The van der Waals surface area contributed by atoms with Crippen molar-refractivity contribution in [1.82, 2.24) is 14.7 Å². The van der Waals surface area contributed by atoms with Crippen LogP contribution in [0.3, 0.4) is 0 Å². The summed E-state index contributed by atoms with van der Waals surface area (Å²) in [4.78, 5) is 23.7. The summed E-state index contributed by atoms with van der Waals surface area (Å²) < 4.78 is 1.71. The predicted molar refractivity (Wildman–Crippen MR) is 71.4 cm³/mol. The molecule has 7 heteroatoms. The van der Waals surface area contributed by atoms with Gasteiger partial charge in [0.25, 0.3) is 0 Å². The largest absolute Gasteiger partial charge is 0.478 e. The van der Waals surface area contributed by atoms with Crippen LogP contribution in [0.5, 0.6) is 0 Å². The fraction of sp³-hybridized carbons (Fsp3) is 0.462. The van der Waals surface area contributed by atoms with E-state index >= 15 is 0 Å². The minimum Gasteiger partial charge on any atom is -0.478 e. The lowest BCUT2D eigenvalue weighted by atomic mass is 9.97. The Morgan fingerprint density at radius 1 is 1.35 bits per heavy atom. The fourth-order valence-corrected chi connectivity index (χ4v) is 2.36. The molecule has 0 fully saturated rings. The Morgan fingerprint density at radius 2 is 2.05 bits per heavy atom. The van der Waals surface area contributed by atoms with Gasteiger partial charge in [0.2, 0.25) is 0 Å². The summed E-state index contributed by atoms with van der Waals surface area (Å²) in [5, 5.41) is 22.6. The van der Waals surface area contributed by atoms with E-state index in [9.17, 15) is 14.7 Å². The smallest absolute Gasteiger partial charge is 0.407 e. The fourth-order valence-electron chi connectivity index (χ4n) is 2.36. The van der Waals surface area contributed by atoms with Gasteiger partial charge in [-0.1, -0.05) is 0 Å². The van der Waals surface area contributed by atoms with Gasteiger partial charge in [0.1, 0.15) is 0 Å². The van der Waals surface area contributed by atoms with Gasteiger partial charge in [0.05, 0.1) is 12.2 Å². The Labute approximate surface area is 116 Å². The van der Waals surface area contributed by atoms with Gasteiger partial charge in [0.15, 0.2) is 0 Å². The third-order valence-electron chi connectivity index (χ3n) is 3.34. The number of nitrogens with zero attached hydrogens (tertiary/aromatic N) is 3. The van der Waals surface area contributed by atoms with Crippen LogP contribution in [0.15, 0.2) is 17.8 Å². The lowest BCUT2D eigenvalue weighted by Gasteiger charge is -2.28. The highest BCUT2D eigenvalue weighted by Gasteiger charge is 2.28. The second kappa shape index (κ2) is 5.36. The molecule has 1 amide bonds. The number of aromatic nitrogens is 2. The van der Waals surface area contributed by atoms with Crippen molar-refractivity contribution in [2.45, 2.75) is 26.3 Å². The maximum atomic E-state index is 11.4. The second-order valence-electron chi connectivity index (χ2n) is 4.97. The van der Waals surface area contributed by atoms with Crippen molar-refractivity contribution in [1.29, 1.82) is 0 Å².